The molecule has 0 aliphatic carbocycles. The maximum Gasteiger partial charge on any atom is 0.335 e. The SMILES string of the molecule is CC(=O)c1cc(C)cc(F)c1.Cc1cc(F)cc(C(=O)O)c1. The number of carboxylic acids is 1. The monoisotopic (exact) mass is 306 g/mol. The van der Waals surface area contributed by atoms with Crippen molar-refractivity contribution in [2.24, 2.45) is 0 Å². The fourth-order valence-electron chi connectivity index (χ4n) is 1.80. The molecule has 1 N–H and O–H groups in total. The zero-order chi connectivity index (χ0) is 16.9. The molecule has 0 atom stereocenters. The summed E-state index contributed by atoms with van der Waals surface area (Å²) in [5.74, 6) is -2.07. The molecule has 2 rings (SSSR count). The number of Topliss-reactive ketones (excluding diaryl/α,β-unsaturated/α-hetero) is 1. The van der Waals surface area contributed by atoms with Crippen LogP contribution in [0, 0.1) is 25.5 Å². The Morgan fingerprint density at radius 3 is 1.59 bits per heavy atom. The van der Waals surface area contributed by atoms with Crippen molar-refractivity contribution in [2.45, 2.75) is 20.8 Å². The van der Waals surface area contributed by atoms with Gasteiger partial charge >= 0.3 is 5.97 Å². The molecule has 5 heteroatoms. The van der Waals surface area contributed by atoms with Gasteiger partial charge in [0.2, 0.25) is 0 Å². The zero-order valence-corrected chi connectivity index (χ0v) is 12.5. The van der Waals surface area contributed by atoms with Crippen molar-refractivity contribution < 1.29 is 23.5 Å². The number of aromatic carboxylic acids is 1. The molecule has 0 aromatic heterocycles. The number of carboxylic acid groups (broad SMARTS) is 1. The summed E-state index contributed by atoms with van der Waals surface area (Å²) < 4.78 is 25.2. The first-order valence-electron chi connectivity index (χ1n) is 6.47. The molecule has 0 aliphatic rings. The van der Waals surface area contributed by atoms with Gasteiger partial charge in [0, 0.05) is 5.56 Å². The lowest BCUT2D eigenvalue weighted by Crippen LogP contribution is -1.97. The lowest BCUT2D eigenvalue weighted by molar-refractivity contribution is 0.0696. The molecule has 3 nitrogen and oxygen atoms in total. The van der Waals surface area contributed by atoms with Crippen molar-refractivity contribution in [1.29, 1.82) is 0 Å². The van der Waals surface area contributed by atoms with E-state index in [1.807, 2.05) is 0 Å². The van der Waals surface area contributed by atoms with E-state index < -0.39 is 11.8 Å². The van der Waals surface area contributed by atoms with Gasteiger partial charge in [0.1, 0.15) is 11.6 Å². The summed E-state index contributed by atoms with van der Waals surface area (Å²) in [5, 5.41) is 8.47. The van der Waals surface area contributed by atoms with Gasteiger partial charge < -0.3 is 5.11 Å². The Labute approximate surface area is 127 Å². The van der Waals surface area contributed by atoms with E-state index in [2.05, 4.69) is 0 Å². The van der Waals surface area contributed by atoms with Crippen LogP contribution < -0.4 is 0 Å². The zero-order valence-electron chi connectivity index (χ0n) is 12.5. The maximum absolute atomic E-state index is 12.6. The maximum atomic E-state index is 12.6. The highest BCUT2D eigenvalue weighted by Crippen LogP contribution is 2.08. The number of hydrogen-bond acceptors (Lipinski definition) is 2. The highest BCUT2D eigenvalue weighted by Gasteiger charge is 2.04. The number of hydrogen-bond donors (Lipinski definition) is 1. The molecule has 0 spiro atoms. The summed E-state index contributed by atoms with van der Waals surface area (Å²) >= 11 is 0. The molecule has 22 heavy (non-hydrogen) atoms. The van der Waals surface area contributed by atoms with Crippen LogP contribution in [0.1, 0.15) is 38.8 Å². The molecule has 0 unspecified atom stereocenters. The molecule has 0 saturated carbocycles. The van der Waals surface area contributed by atoms with Crippen LogP contribution in [0.25, 0.3) is 0 Å². The quantitative estimate of drug-likeness (QED) is 0.847. The van der Waals surface area contributed by atoms with Crippen molar-refractivity contribution in [2.75, 3.05) is 0 Å². The van der Waals surface area contributed by atoms with Crippen molar-refractivity contribution >= 4 is 11.8 Å². The molecular formula is C17H16F2O3. The average Bonchev–Trinajstić information content (AvgIpc) is 2.37. The number of benzene rings is 2. The summed E-state index contributed by atoms with van der Waals surface area (Å²) in [7, 11) is 0. The number of aryl methyl sites for hydroxylation is 2. The summed E-state index contributed by atoms with van der Waals surface area (Å²) in [4.78, 5) is 21.1. The van der Waals surface area contributed by atoms with E-state index in [4.69, 9.17) is 5.11 Å². The molecule has 0 fully saturated rings. The van der Waals surface area contributed by atoms with Crippen molar-refractivity contribution in [3.63, 3.8) is 0 Å². The summed E-state index contributed by atoms with van der Waals surface area (Å²) in [5.41, 5.74) is 1.81. The fraction of sp³-hybridized carbons (Fsp3) is 0.176. The third-order valence-electron chi connectivity index (χ3n) is 2.74. The average molecular weight is 306 g/mol. The topological polar surface area (TPSA) is 54.4 Å². The Bertz CT molecular complexity index is 607. The van der Waals surface area contributed by atoms with Crippen molar-refractivity contribution in [3.8, 4) is 0 Å². The van der Waals surface area contributed by atoms with E-state index in [9.17, 15) is 18.4 Å². The normalized spacial score (nSPS) is 9.68. The van der Waals surface area contributed by atoms with Crippen LogP contribution in [0.2, 0.25) is 0 Å². The predicted molar refractivity (Wildman–Crippen MR) is 79.2 cm³/mol. The standard InChI is InChI=1S/C9H9FO.C8H7FO2/c1-6-3-8(7(2)11)5-9(10)4-6;1-5-2-6(8(10)11)4-7(9)3-5/h3-5H,1-2H3;2-4H,1H3,(H,10,11). The lowest BCUT2D eigenvalue weighted by atomic mass is 10.1. The molecular weight excluding hydrogens is 290 g/mol. The molecule has 0 aliphatic heterocycles. The Hall–Kier alpha value is -2.56. The number of carbonyl (C=O) groups excluding carboxylic acids is 1. The van der Waals surface area contributed by atoms with Gasteiger partial charge in [0.05, 0.1) is 5.56 Å². The molecule has 0 bridgehead atoms. The Balaban J connectivity index is 0.000000220. The van der Waals surface area contributed by atoms with Crippen LogP contribution in [-0.2, 0) is 0 Å². The van der Waals surface area contributed by atoms with Crippen LogP contribution in [0.15, 0.2) is 36.4 Å². The number of halogens is 2. The van der Waals surface area contributed by atoms with E-state index in [0.29, 0.717) is 11.1 Å². The van der Waals surface area contributed by atoms with E-state index >= 15 is 0 Å². The summed E-state index contributed by atoms with van der Waals surface area (Å²) in [6.07, 6.45) is 0. The van der Waals surface area contributed by atoms with Gasteiger partial charge in [0.15, 0.2) is 5.78 Å². The minimum absolute atomic E-state index is 0.0116. The summed E-state index contributed by atoms with van der Waals surface area (Å²) in [6, 6.07) is 8.01. The van der Waals surface area contributed by atoms with Gasteiger partial charge in [-0.1, -0.05) is 0 Å². The van der Waals surface area contributed by atoms with Gasteiger partial charge in [-0.2, -0.15) is 0 Å². The Morgan fingerprint density at radius 1 is 0.818 bits per heavy atom. The highest BCUT2D eigenvalue weighted by atomic mass is 19.1. The van der Waals surface area contributed by atoms with Gasteiger partial charge in [0.25, 0.3) is 0 Å². The van der Waals surface area contributed by atoms with Gasteiger partial charge in [-0.05, 0) is 68.3 Å². The number of ketones is 1. The minimum atomic E-state index is -1.10. The smallest absolute Gasteiger partial charge is 0.335 e. The van der Waals surface area contributed by atoms with Crippen LogP contribution >= 0.6 is 0 Å². The third kappa shape index (κ3) is 5.44. The van der Waals surface area contributed by atoms with Crippen LogP contribution in [0.4, 0.5) is 8.78 Å². The second-order valence-corrected chi connectivity index (χ2v) is 4.90. The molecule has 0 heterocycles. The lowest BCUT2D eigenvalue weighted by Gasteiger charge is -1.97. The van der Waals surface area contributed by atoms with Gasteiger partial charge in [-0.25, -0.2) is 13.6 Å². The molecule has 0 saturated heterocycles. The number of carbonyl (C=O) groups is 2. The van der Waals surface area contributed by atoms with E-state index in [1.165, 1.54) is 31.2 Å². The number of rotatable bonds is 2. The van der Waals surface area contributed by atoms with E-state index in [-0.39, 0.29) is 17.2 Å². The first kappa shape index (κ1) is 17.5. The largest absolute Gasteiger partial charge is 0.478 e. The first-order chi connectivity index (χ1) is 10.2. The Kier molecular flexibility index (Phi) is 5.92. The minimum Gasteiger partial charge on any atom is -0.478 e. The van der Waals surface area contributed by atoms with Crippen LogP contribution in [0.5, 0.6) is 0 Å². The molecule has 2 aromatic rings. The first-order valence-corrected chi connectivity index (χ1v) is 6.47. The highest BCUT2D eigenvalue weighted by molar-refractivity contribution is 5.94. The Morgan fingerprint density at radius 2 is 1.23 bits per heavy atom. The predicted octanol–water partition coefficient (Wildman–Crippen LogP) is 4.17. The molecule has 0 radical (unpaired) electrons. The fourth-order valence-corrected chi connectivity index (χ4v) is 1.80. The van der Waals surface area contributed by atoms with Gasteiger partial charge in [-0.3, -0.25) is 4.79 Å². The summed E-state index contributed by atoms with van der Waals surface area (Å²) in [6.45, 7) is 4.83. The molecule has 116 valence electrons. The van der Waals surface area contributed by atoms with E-state index in [1.54, 1.807) is 19.9 Å². The van der Waals surface area contributed by atoms with Crippen LogP contribution in [0.3, 0.4) is 0 Å². The van der Waals surface area contributed by atoms with Crippen LogP contribution in [-0.4, -0.2) is 16.9 Å². The molecule has 2 aromatic carbocycles. The van der Waals surface area contributed by atoms with Gasteiger partial charge in [-0.15, -0.1) is 0 Å². The van der Waals surface area contributed by atoms with Crippen molar-refractivity contribution in [1.82, 2.24) is 0 Å². The third-order valence-corrected chi connectivity index (χ3v) is 2.74. The van der Waals surface area contributed by atoms with Crippen molar-refractivity contribution in [3.05, 3.63) is 70.3 Å². The second kappa shape index (κ2) is 7.45. The second-order valence-electron chi connectivity index (χ2n) is 4.90. The molecule has 0 amide bonds. The van der Waals surface area contributed by atoms with E-state index in [0.717, 1.165) is 11.6 Å².